The minimum absolute atomic E-state index is 0.0380. The van der Waals surface area contributed by atoms with Crippen LogP contribution >= 0.6 is 0 Å². The third kappa shape index (κ3) is 1.90. The molecule has 20 heavy (non-hydrogen) atoms. The Balaban J connectivity index is 1.93. The van der Waals surface area contributed by atoms with Crippen molar-refractivity contribution in [3.8, 4) is 0 Å². The monoisotopic (exact) mass is 273 g/mol. The summed E-state index contributed by atoms with van der Waals surface area (Å²) in [5, 5.41) is 0. The second-order valence-electron chi connectivity index (χ2n) is 5.07. The molecule has 1 aliphatic heterocycles. The smallest absolute Gasteiger partial charge is 0.259 e. The van der Waals surface area contributed by atoms with Gasteiger partial charge in [-0.2, -0.15) is 4.39 Å². The minimum Gasteiger partial charge on any atom is -0.345 e. The molecule has 0 bridgehead atoms. The summed E-state index contributed by atoms with van der Waals surface area (Å²) in [7, 11) is 0. The lowest BCUT2D eigenvalue weighted by Gasteiger charge is -2.35. The molecule has 1 atom stereocenters. The fraction of sp³-hybridized carbons (Fsp3) is 0.333. The molecular formula is C15H16FN3O. The fourth-order valence-electron chi connectivity index (χ4n) is 2.80. The van der Waals surface area contributed by atoms with Gasteiger partial charge in [-0.25, -0.2) is 4.98 Å². The van der Waals surface area contributed by atoms with Gasteiger partial charge in [-0.05, 0) is 38.1 Å². The molecule has 0 fully saturated rings. The van der Waals surface area contributed by atoms with Gasteiger partial charge in [0.1, 0.15) is 0 Å². The highest BCUT2D eigenvalue weighted by atomic mass is 19.1. The van der Waals surface area contributed by atoms with Gasteiger partial charge >= 0.3 is 0 Å². The third-order valence-corrected chi connectivity index (χ3v) is 3.94. The highest BCUT2D eigenvalue weighted by Crippen LogP contribution is 2.28. The van der Waals surface area contributed by atoms with Gasteiger partial charge < -0.3 is 9.47 Å². The Bertz CT molecular complexity index is 665. The summed E-state index contributed by atoms with van der Waals surface area (Å²) < 4.78 is 15.9. The number of pyridine rings is 1. The van der Waals surface area contributed by atoms with Crippen LogP contribution in [0.15, 0.2) is 30.5 Å². The molecule has 0 saturated heterocycles. The predicted octanol–water partition coefficient (Wildman–Crippen LogP) is 2.55. The lowest BCUT2D eigenvalue weighted by Crippen LogP contribution is -2.41. The zero-order valence-corrected chi connectivity index (χ0v) is 11.5. The molecule has 0 N–H and O–H groups in total. The minimum atomic E-state index is -0.707. The summed E-state index contributed by atoms with van der Waals surface area (Å²) in [6.07, 6.45) is 1.35. The molecule has 2 aromatic rings. The number of hydrogen-bond donors (Lipinski definition) is 0. The molecule has 0 aliphatic carbocycles. The number of hydrogen-bond acceptors (Lipinski definition) is 2. The summed E-state index contributed by atoms with van der Waals surface area (Å²) in [5.41, 5.74) is 2.31. The van der Waals surface area contributed by atoms with E-state index < -0.39 is 5.95 Å². The Kier molecular flexibility index (Phi) is 3.04. The van der Waals surface area contributed by atoms with E-state index >= 15 is 0 Å². The SMILES string of the molecule is Cc1ccc2n1CCN(C(=O)c1cccnc1F)C2C. The van der Waals surface area contributed by atoms with E-state index in [0.717, 1.165) is 12.2 Å². The number of carbonyl (C=O) groups is 1. The van der Waals surface area contributed by atoms with Crippen LogP contribution in [0.25, 0.3) is 0 Å². The topological polar surface area (TPSA) is 38.1 Å². The zero-order chi connectivity index (χ0) is 14.3. The van der Waals surface area contributed by atoms with Crippen LogP contribution < -0.4 is 0 Å². The summed E-state index contributed by atoms with van der Waals surface area (Å²) in [5.74, 6) is -1.00. The molecule has 104 valence electrons. The number of fused-ring (bicyclic) bond motifs is 1. The van der Waals surface area contributed by atoms with Crippen molar-refractivity contribution in [2.45, 2.75) is 26.4 Å². The molecular weight excluding hydrogens is 257 g/mol. The molecule has 0 aromatic carbocycles. The molecule has 1 unspecified atom stereocenters. The highest BCUT2D eigenvalue weighted by molar-refractivity contribution is 5.94. The van der Waals surface area contributed by atoms with Gasteiger partial charge in [0.2, 0.25) is 5.95 Å². The van der Waals surface area contributed by atoms with Crippen molar-refractivity contribution in [1.82, 2.24) is 14.5 Å². The van der Waals surface area contributed by atoms with Gasteiger partial charge in [0.25, 0.3) is 5.91 Å². The Morgan fingerprint density at radius 3 is 2.90 bits per heavy atom. The maximum atomic E-state index is 13.7. The largest absolute Gasteiger partial charge is 0.345 e. The summed E-state index contributed by atoms with van der Waals surface area (Å²) in [4.78, 5) is 17.7. The first-order valence-electron chi connectivity index (χ1n) is 6.67. The second-order valence-corrected chi connectivity index (χ2v) is 5.07. The van der Waals surface area contributed by atoms with E-state index in [4.69, 9.17) is 0 Å². The van der Waals surface area contributed by atoms with Crippen molar-refractivity contribution >= 4 is 5.91 Å². The predicted molar refractivity (Wildman–Crippen MR) is 72.8 cm³/mol. The molecule has 1 amide bonds. The van der Waals surface area contributed by atoms with Crippen LogP contribution in [-0.2, 0) is 6.54 Å². The van der Waals surface area contributed by atoms with Crippen LogP contribution in [0, 0.1) is 12.9 Å². The van der Waals surface area contributed by atoms with Gasteiger partial charge in [0.05, 0.1) is 11.6 Å². The second kappa shape index (κ2) is 4.74. The van der Waals surface area contributed by atoms with Crippen LogP contribution in [0.1, 0.15) is 34.7 Å². The van der Waals surface area contributed by atoms with Gasteiger partial charge in [0.15, 0.2) is 0 Å². The van der Waals surface area contributed by atoms with Crippen molar-refractivity contribution in [1.29, 1.82) is 0 Å². The number of rotatable bonds is 1. The molecule has 3 rings (SSSR count). The first kappa shape index (κ1) is 12.8. The first-order valence-corrected chi connectivity index (χ1v) is 6.67. The highest BCUT2D eigenvalue weighted by Gasteiger charge is 2.30. The van der Waals surface area contributed by atoms with E-state index in [9.17, 15) is 9.18 Å². The average Bonchev–Trinajstić information content (AvgIpc) is 2.82. The fourth-order valence-corrected chi connectivity index (χ4v) is 2.80. The van der Waals surface area contributed by atoms with Crippen LogP contribution in [0.2, 0.25) is 0 Å². The average molecular weight is 273 g/mol. The molecule has 3 heterocycles. The summed E-state index contributed by atoms with van der Waals surface area (Å²) >= 11 is 0. The maximum absolute atomic E-state index is 13.7. The normalized spacial score (nSPS) is 17.9. The van der Waals surface area contributed by atoms with Crippen LogP contribution in [0.4, 0.5) is 4.39 Å². The van der Waals surface area contributed by atoms with E-state index in [2.05, 4.69) is 16.5 Å². The Labute approximate surface area is 116 Å². The molecule has 0 saturated carbocycles. The van der Waals surface area contributed by atoms with Gasteiger partial charge in [0, 0.05) is 30.7 Å². The molecule has 5 heteroatoms. The molecule has 1 aliphatic rings. The van der Waals surface area contributed by atoms with Crippen molar-refractivity contribution < 1.29 is 9.18 Å². The molecule has 4 nitrogen and oxygen atoms in total. The number of aryl methyl sites for hydroxylation is 1. The molecule has 0 radical (unpaired) electrons. The van der Waals surface area contributed by atoms with Crippen molar-refractivity contribution in [3.05, 3.63) is 53.4 Å². The number of carbonyl (C=O) groups excluding carboxylic acids is 1. The zero-order valence-electron chi connectivity index (χ0n) is 11.5. The Hall–Kier alpha value is -2.17. The van der Waals surface area contributed by atoms with Gasteiger partial charge in [-0.3, -0.25) is 4.79 Å². The van der Waals surface area contributed by atoms with Crippen LogP contribution in [0.3, 0.4) is 0 Å². The van der Waals surface area contributed by atoms with Crippen molar-refractivity contribution in [3.63, 3.8) is 0 Å². The molecule has 2 aromatic heterocycles. The summed E-state index contributed by atoms with van der Waals surface area (Å²) in [6.45, 7) is 5.34. The number of aromatic nitrogens is 2. The van der Waals surface area contributed by atoms with Crippen LogP contribution in [-0.4, -0.2) is 26.9 Å². The molecule has 0 spiro atoms. The van der Waals surface area contributed by atoms with E-state index in [1.165, 1.54) is 18.0 Å². The lowest BCUT2D eigenvalue weighted by molar-refractivity contribution is 0.0637. The number of nitrogens with zero attached hydrogens (tertiary/aromatic N) is 3. The van der Waals surface area contributed by atoms with E-state index in [1.807, 2.05) is 19.1 Å². The van der Waals surface area contributed by atoms with Crippen molar-refractivity contribution in [2.24, 2.45) is 0 Å². The number of halogens is 1. The Morgan fingerprint density at radius 1 is 1.35 bits per heavy atom. The lowest BCUT2D eigenvalue weighted by atomic mass is 10.1. The summed E-state index contributed by atoms with van der Waals surface area (Å²) in [6, 6.07) is 7.07. The standard InChI is InChI=1S/C15H16FN3O/c1-10-5-6-13-11(2)19(9-8-18(10)13)15(20)12-4-3-7-17-14(12)16/h3-7,11H,8-9H2,1-2H3. The van der Waals surface area contributed by atoms with E-state index in [0.29, 0.717) is 6.54 Å². The van der Waals surface area contributed by atoms with E-state index in [1.54, 1.807) is 11.0 Å². The first-order chi connectivity index (χ1) is 9.59. The Morgan fingerprint density at radius 2 is 2.15 bits per heavy atom. The van der Waals surface area contributed by atoms with Crippen LogP contribution in [0.5, 0.6) is 0 Å². The van der Waals surface area contributed by atoms with Crippen molar-refractivity contribution in [2.75, 3.05) is 6.54 Å². The quantitative estimate of drug-likeness (QED) is 0.749. The maximum Gasteiger partial charge on any atom is 0.259 e. The number of amides is 1. The van der Waals surface area contributed by atoms with Gasteiger partial charge in [-0.15, -0.1) is 0 Å². The van der Waals surface area contributed by atoms with E-state index in [-0.39, 0.29) is 17.5 Å². The third-order valence-electron chi connectivity index (χ3n) is 3.94. The van der Waals surface area contributed by atoms with Gasteiger partial charge in [-0.1, -0.05) is 0 Å².